The van der Waals surface area contributed by atoms with Crippen LogP contribution in [0.15, 0.2) is 28.8 Å². The van der Waals surface area contributed by atoms with Crippen LogP contribution in [0.1, 0.15) is 54.1 Å². The summed E-state index contributed by atoms with van der Waals surface area (Å²) in [7, 11) is 0. The van der Waals surface area contributed by atoms with Gasteiger partial charge < -0.3 is 14.6 Å². The van der Waals surface area contributed by atoms with Gasteiger partial charge in [-0.2, -0.15) is 13.2 Å². The van der Waals surface area contributed by atoms with E-state index < -0.39 is 29.7 Å². The number of carbonyl (C=O) groups excluding carboxylic acids is 2. The predicted molar refractivity (Wildman–Crippen MR) is 90.3 cm³/mol. The minimum atomic E-state index is -4.46. The first-order valence-electron chi connectivity index (χ1n) is 8.16. The summed E-state index contributed by atoms with van der Waals surface area (Å²) >= 11 is 0. The van der Waals surface area contributed by atoms with Gasteiger partial charge in [-0.1, -0.05) is 19.0 Å². The monoisotopic (exact) mass is 384 g/mol. The van der Waals surface area contributed by atoms with Crippen molar-refractivity contribution in [2.75, 3.05) is 5.32 Å². The number of nitrogens with one attached hydrogen (secondary N) is 1. The van der Waals surface area contributed by atoms with E-state index in [2.05, 4.69) is 10.5 Å². The number of benzene rings is 1. The van der Waals surface area contributed by atoms with Crippen molar-refractivity contribution < 1.29 is 32.0 Å². The van der Waals surface area contributed by atoms with Crippen molar-refractivity contribution in [2.24, 2.45) is 0 Å². The van der Waals surface area contributed by atoms with E-state index in [0.29, 0.717) is 11.5 Å². The van der Waals surface area contributed by atoms with Crippen molar-refractivity contribution in [2.45, 2.75) is 45.9 Å². The van der Waals surface area contributed by atoms with Crippen molar-refractivity contribution in [1.82, 2.24) is 5.16 Å². The fourth-order valence-electron chi connectivity index (χ4n) is 2.29. The Balaban J connectivity index is 2.04. The summed E-state index contributed by atoms with van der Waals surface area (Å²) in [4.78, 5) is 24.5. The van der Waals surface area contributed by atoms with Crippen LogP contribution in [0.25, 0.3) is 0 Å². The molecule has 1 atom stereocenters. The van der Waals surface area contributed by atoms with Crippen LogP contribution >= 0.6 is 0 Å². The Morgan fingerprint density at radius 2 is 1.74 bits per heavy atom. The highest BCUT2D eigenvalue weighted by atomic mass is 19.4. The van der Waals surface area contributed by atoms with Crippen molar-refractivity contribution in [1.29, 1.82) is 0 Å². The lowest BCUT2D eigenvalue weighted by Gasteiger charge is -2.14. The van der Waals surface area contributed by atoms with Gasteiger partial charge in [0.2, 0.25) is 0 Å². The van der Waals surface area contributed by atoms with Crippen LogP contribution in [-0.4, -0.2) is 23.1 Å². The van der Waals surface area contributed by atoms with Gasteiger partial charge in [-0.25, -0.2) is 4.79 Å². The minimum Gasteiger partial charge on any atom is -0.449 e. The second-order valence-corrected chi connectivity index (χ2v) is 6.27. The molecule has 0 radical (unpaired) electrons. The number of rotatable bonds is 5. The second-order valence-electron chi connectivity index (χ2n) is 6.27. The van der Waals surface area contributed by atoms with E-state index in [-0.39, 0.29) is 17.2 Å². The van der Waals surface area contributed by atoms with Gasteiger partial charge in [0.15, 0.2) is 11.9 Å². The number of hydrogen-bond donors (Lipinski definition) is 1. The Morgan fingerprint density at radius 1 is 1.15 bits per heavy atom. The molecule has 0 saturated carbocycles. The van der Waals surface area contributed by atoms with Crippen molar-refractivity contribution in [3.8, 4) is 0 Å². The average Bonchev–Trinajstić information content (AvgIpc) is 2.96. The van der Waals surface area contributed by atoms with Gasteiger partial charge in [0.1, 0.15) is 5.56 Å². The van der Waals surface area contributed by atoms with Gasteiger partial charge in [0.25, 0.3) is 5.91 Å². The molecule has 0 aliphatic rings. The summed E-state index contributed by atoms with van der Waals surface area (Å²) in [6, 6.07) is 3.94. The van der Waals surface area contributed by atoms with Crippen LogP contribution in [-0.2, 0) is 15.7 Å². The Bertz CT molecular complexity index is 826. The van der Waals surface area contributed by atoms with Crippen LogP contribution < -0.4 is 5.32 Å². The van der Waals surface area contributed by atoms with Gasteiger partial charge in [0.05, 0.1) is 11.3 Å². The van der Waals surface area contributed by atoms with Crippen molar-refractivity contribution in [3.63, 3.8) is 0 Å². The highest BCUT2D eigenvalue weighted by molar-refractivity contribution is 5.98. The third kappa shape index (κ3) is 4.87. The number of anilines is 1. The van der Waals surface area contributed by atoms with Gasteiger partial charge >= 0.3 is 12.1 Å². The predicted octanol–water partition coefficient (Wildman–Crippen LogP) is 4.31. The largest absolute Gasteiger partial charge is 0.449 e. The van der Waals surface area contributed by atoms with Gasteiger partial charge in [-0.05, 0) is 38.1 Å². The molecular weight excluding hydrogens is 365 g/mol. The summed E-state index contributed by atoms with van der Waals surface area (Å²) in [5, 5.41) is 6.14. The quantitative estimate of drug-likeness (QED) is 0.777. The van der Waals surface area contributed by atoms with E-state index in [9.17, 15) is 22.8 Å². The molecule has 0 aliphatic heterocycles. The molecule has 27 heavy (non-hydrogen) atoms. The van der Waals surface area contributed by atoms with Crippen LogP contribution in [0.4, 0.5) is 18.9 Å². The molecule has 1 heterocycles. The number of hydrogen-bond acceptors (Lipinski definition) is 5. The number of halogens is 3. The molecule has 0 saturated heterocycles. The molecule has 0 aliphatic carbocycles. The SMILES string of the molecule is Cc1noc(C(C)C)c1C(=O)O[C@@H](C)C(=O)Nc1ccc(C(F)(F)F)cc1. The Morgan fingerprint density at radius 3 is 2.26 bits per heavy atom. The number of amides is 1. The third-order valence-corrected chi connectivity index (χ3v) is 3.75. The highest BCUT2D eigenvalue weighted by Gasteiger charge is 2.30. The fourth-order valence-corrected chi connectivity index (χ4v) is 2.29. The Labute approximate surface area is 153 Å². The van der Waals surface area contributed by atoms with Crippen molar-refractivity contribution >= 4 is 17.6 Å². The normalized spacial score (nSPS) is 12.7. The van der Waals surface area contributed by atoms with Gasteiger partial charge in [-0.3, -0.25) is 4.79 Å². The molecule has 6 nitrogen and oxygen atoms in total. The first-order valence-corrected chi connectivity index (χ1v) is 8.16. The fraction of sp³-hybridized carbons (Fsp3) is 0.389. The topological polar surface area (TPSA) is 81.4 Å². The van der Waals surface area contributed by atoms with E-state index >= 15 is 0 Å². The highest BCUT2D eigenvalue weighted by Crippen LogP contribution is 2.30. The summed E-state index contributed by atoms with van der Waals surface area (Å²) in [6.45, 7) is 6.57. The number of aromatic nitrogens is 1. The molecule has 1 aromatic carbocycles. The molecule has 2 aromatic rings. The maximum atomic E-state index is 12.6. The van der Waals surface area contributed by atoms with Gasteiger partial charge in [-0.15, -0.1) is 0 Å². The second kappa shape index (κ2) is 7.81. The smallest absolute Gasteiger partial charge is 0.416 e. The summed E-state index contributed by atoms with van der Waals surface area (Å²) in [6.07, 6.45) is -5.63. The van der Waals surface area contributed by atoms with Crippen LogP contribution in [0, 0.1) is 6.92 Å². The molecule has 146 valence electrons. The summed E-state index contributed by atoms with van der Waals surface area (Å²) < 4.78 is 47.9. The maximum Gasteiger partial charge on any atom is 0.416 e. The van der Waals surface area contributed by atoms with E-state index in [1.165, 1.54) is 6.92 Å². The Hall–Kier alpha value is -2.84. The summed E-state index contributed by atoms with van der Waals surface area (Å²) in [5.74, 6) is -1.19. The van der Waals surface area contributed by atoms with Crippen LogP contribution in [0.2, 0.25) is 0 Å². The van der Waals surface area contributed by atoms with Crippen LogP contribution in [0.3, 0.4) is 0 Å². The molecule has 1 amide bonds. The number of aryl methyl sites for hydroxylation is 1. The molecule has 0 bridgehead atoms. The zero-order valence-electron chi connectivity index (χ0n) is 15.2. The van der Waals surface area contributed by atoms with Crippen molar-refractivity contribution in [3.05, 3.63) is 46.8 Å². The summed E-state index contributed by atoms with van der Waals surface area (Å²) in [5.41, 5.74) is -0.165. The molecule has 0 fully saturated rings. The zero-order chi connectivity index (χ0) is 20.4. The lowest BCUT2D eigenvalue weighted by Crippen LogP contribution is -2.30. The number of alkyl halides is 3. The molecule has 0 spiro atoms. The Kier molecular flexibility index (Phi) is 5.92. The first kappa shape index (κ1) is 20.5. The number of ether oxygens (including phenoxy) is 1. The number of esters is 1. The molecule has 0 unspecified atom stereocenters. The lowest BCUT2D eigenvalue weighted by atomic mass is 10.1. The molecule has 1 aromatic heterocycles. The molecule has 1 N–H and O–H groups in total. The molecular formula is C18H19F3N2O4. The zero-order valence-corrected chi connectivity index (χ0v) is 15.2. The number of nitrogens with zero attached hydrogens (tertiary/aromatic N) is 1. The minimum absolute atomic E-state index is 0.106. The third-order valence-electron chi connectivity index (χ3n) is 3.75. The van der Waals surface area contributed by atoms with E-state index in [1.54, 1.807) is 6.92 Å². The lowest BCUT2D eigenvalue weighted by molar-refractivity contribution is -0.137. The maximum absolute atomic E-state index is 12.6. The van der Waals surface area contributed by atoms with E-state index in [4.69, 9.17) is 9.26 Å². The number of carbonyl (C=O) groups is 2. The van der Waals surface area contributed by atoms with Gasteiger partial charge in [0, 0.05) is 11.6 Å². The standard InChI is InChI=1S/C18H19F3N2O4/c1-9(2)15-14(10(3)23-27-15)17(25)26-11(4)16(24)22-13-7-5-12(6-8-13)18(19,20)21/h5-9,11H,1-4H3,(H,22,24)/t11-/m0/s1. The average molecular weight is 384 g/mol. The van der Waals surface area contributed by atoms with Crippen LogP contribution in [0.5, 0.6) is 0 Å². The molecule has 9 heteroatoms. The van der Waals surface area contributed by atoms with E-state index in [0.717, 1.165) is 24.3 Å². The van der Waals surface area contributed by atoms with E-state index in [1.807, 2.05) is 13.8 Å². The molecule has 2 rings (SSSR count). The first-order chi connectivity index (χ1) is 12.5.